The summed E-state index contributed by atoms with van der Waals surface area (Å²) in [6.45, 7) is 2.15. The van der Waals surface area contributed by atoms with Crippen molar-refractivity contribution in [1.29, 1.82) is 0 Å². The number of hydrogen-bond acceptors (Lipinski definition) is 1. The van der Waals surface area contributed by atoms with Gasteiger partial charge in [0.2, 0.25) is 0 Å². The van der Waals surface area contributed by atoms with Crippen LogP contribution in [0.5, 0.6) is 0 Å². The fourth-order valence-corrected chi connectivity index (χ4v) is 2.01. The Labute approximate surface area is 101 Å². The van der Waals surface area contributed by atoms with E-state index in [4.69, 9.17) is 4.74 Å². The number of hydrogen-bond donors (Lipinski definition) is 0. The quantitative estimate of drug-likeness (QED) is 0.404. The molecule has 1 nitrogen and oxygen atoms in total. The predicted octanol–water partition coefficient (Wildman–Crippen LogP) is 3.34. The molecule has 0 rings (SSSR count). The van der Waals surface area contributed by atoms with E-state index < -0.39 is 0 Å². The fraction of sp³-hybridized carbons (Fsp3) is 1.00. The summed E-state index contributed by atoms with van der Waals surface area (Å²) < 4.78 is 6.69. The zero-order chi connectivity index (χ0) is 9.94. The van der Waals surface area contributed by atoms with Crippen molar-refractivity contribution >= 4 is 27.9 Å². The van der Waals surface area contributed by atoms with Crippen molar-refractivity contribution in [2.24, 2.45) is 0 Å². The summed E-state index contributed by atoms with van der Waals surface area (Å²) in [5, 5.41) is 0. The van der Waals surface area contributed by atoms with Crippen LogP contribution in [0.25, 0.3) is 0 Å². The van der Waals surface area contributed by atoms with Crippen LogP contribution in [-0.2, 0) is 4.74 Å². The van der Waals surface area contributed by atoms with E-state index in [1.807, 2.05) is 0 Å². The van der Waals surface area contributed by atoms with E-state index in [0.29, 0.717) is 6.10 Å². The predicted molar refractivity (Wildman–Crippen MR) is 59.4 cm³/mol. The van der Waals surface area contributed by atoms with Crippen molar-refractivity contribution in [2.45, 2.75) is 61.6 Å². The summed E-state index contributed by atoms with van der Waals surface area (Å²) >= 11 is 1.39. The van der Waals surface area contributed by atoms with Gasteiger partial charge in [-0.15, -0.1) is 0 Å². The first-order chi connectivity index (χ1) is 6.31. The maximum absolute atomic E-state index is 5.20. The molecule has 0 aromatic carbocycles. The summed E-state index contributed by atoms with van der Waals surface area (Å²) in [6, 6.07) is 0. The molecule has 0 saturated heterocycles. The second kappa shape index (κ2) is 11.0. The van der Waals surface area contributed by atoms with Gasteiger partial charge in [0, 0.05) is 0 Å². The SMILES string of the molecule is COC(C)CCCCCCC[CH2][Na]. The molecule has 0 aliphatic heterocycles. The molecule has 0 heterocycles. The minimum absolute atomic E-state index is 0.460. The first-order valence-electron chi connectivity index (χ1n) is 5.84. The molecule has 0 bridgehead atoms. The normalized spacial score (nSPS) is 13.2. The molecule has 0 aliphatic rings. The van der Waals surface area contributed by atoms with Gasteiger partial charge in [0.15, 0.2) is 0 Å². The van der Waals surface area contributed by atoms with Crippen LogP contribution in [0.15, 0.2) is 0 Å². The van der Waals surface area contributed by atoms with Gasteiger partial charge in [0.25, 0.3) is 0 Å². The van der Waals surface area contributed by atoms with E-state index in [2.05, 4.69) is 6.92 Å². The number of ether oxygens (including phenoxy) is 1. The molecule has 0 aliphatic carbocycles. The van der Waals surface area contributed by atoms with E-state index in [0.717, 1.165) is 0 Å². The molecule has 0 spiro atoms. The van der Waals surface area contributed by atoms with E-state index in [1.54, 1.807) is 7.11 Å². The van der Waals surface area contributed by atoms with Gasteiger partial charge in [-0.05, 0) is 0 Å². The molecular formula is C11H23NaO. The molecule has 13 heavy (non-hydrogen) atoms. The minimum atomic E-state index is 0.460. The van der Waals surface area contributed by atoms with Crippen molar-refractivity contribution < 1.29 is 4.74 Å². The van der Waals surface area contributed by atoms with E-state index in [9.17, 15) is 0 Å². The Kier molecular flexibility index (Phi) is 11.9. The van der Waals surface area contributed by atoms with Gasteiger partial charge in [-0.25, -0.2) is 0 Å². The topological polar surface area (TPSA) is 9.23 Å². The molecule has 0 aromatic heterocycles. The summed E-state index contributed by atoms with van der Waals surface area (Å²) in [7, 11) is 1.80. The van der Waals surface area contributed by atoms with Crippen LogP contribution in [0.3, 0.4) is 0 Å². The first kappa shape index (κ1) is 14.0. The third kappa shape index (κ3) is 10.9. The van der Waals surface area contributed by atoms with Crippen molar-refractivity contribution in [2.75, 3.05) is 7.11 Å². The molecule has 0 fully saturated rings. The van der Waals surface area contributed by atoms with Crippen LogP contribution in [0, 0.1) is 0 Å². The van der Waals surface area contributed by atoms with Gasteiger partial charge in [0.1, 0.15) is 0 Å². The number of rotatable bonds is 9. The van der Waals surface area contributed by atoms with Gasteiger partial charge in [-0.2, -0.15) is 0 Å². The summed E-state index contributed by atoms with van der Waals surface area (Å²) in [6.07, 6.45) is 10.2. The van der Waals surface area contributed by atoms with Gasteiger partial charge >= 0.3 is 101 Å². The summed E-state index contributed by atoms with van der Waals surface area (Å²) in [4.78, 5) is 0. The molecule has 1 unspecified atom stereocenters. The van der Waals surface area contributed by atoms with Gasteiger partial charge in [-0.1, -0.05) is 0 Å². The Morgan fingerprint density at radius 3 is 2.08 bits per heavy atom. The van der Waals surface area contributed by atoms with Gasteiger partial charge < -0.3 is 0 Å². The van der Waals surface area contributed by atoms with Crippen LogP contribution < -0.4 is 0 Å². The van der Waals surface area contributed by atoms with Crippen LogP contribution in [0.4, 0.5) is 0 Å². The van der Waals surface area contributed by atoms with Crippen molar-refractivity contribution in [3.8, 4) is 0 Å². The Balaban J connectivity index is 2.91. The van der Waals surface area contributed by atoms with E-state index >= 15 is 0 Å². The zero-order valence-electron chi connectivity index (χ0n) is 9.64. The molecule has 1 atom stereocenters. The molecule has 0 saturated carbocycles. The van der Waals surface area contributed by atoms with Crippen LogP contribution in [0.1, 0.15) is 51.9 Å². The van der Waals surface area contributed by atoms with Gasteiger partial charge in [-0.3, -0.25) is 0 Å². The second-order valence-corrected chi connectivity index (χ2v) is 4.96. The molecule has 2 heteroatoms. The van der Waals surface area contributed by atoms with Crippen molar-refractivity contribution in [3.63, 3.8) is 0 Å². The Bertz CT molecular complexity index is 96.1. The molecule has 0 aromatic rings. The van der Waals surface area contributed by atoms with Crippen molar-refractivity contribution in [1.82, 2.24) is 0 Å². The van der Waals surface area contributed by atoms with Crippen molar-refractivity contribution in [3.05, 3.63) is 0 Å². The molecule has 74 valence electrons. The van der Waals surface area contributed by atoms with E-state index in [-0.39, 0.29) is 0 Å². The maximum atomic E-state index is 5.20. The summed E-state index contributed by atoms with van der Waals surface area (Å²) in [5.41, 5.74) is 0. The Morgan fingerprint density at radius 1 is 1.00 bits per heavy atom. The number of unbranched alkanes of at least 4 members (excludes halogenated alkanes) is 5. The van der Waals surface area contributed by atoms with Crippen LogP contribution in [0.2, 0.25) is 3.67 Å². The first-order valence-corrected chi connectivity index (χ1v) is 7.25. The average molecular weight is 194 g/mol. The molecule has 0 radical (unpaired) electrons. The third-order valence-electron chi connectivity index (χ3n) is 2.62. The van der Waals surface area contributed by atoms with Crippen LogP contribution in [-0.4, -0.2) is 41.1 Å². The molecule has 0 amide bonds. The van der Waals surface area contributed by atoms with E-state index in [1.165, 1.54) is 76.5 Å². The molecule has 0 N–H and O–H groups in total. The standard InChI is InChI=1S/C11H23O.Na/c1-4-5-6-7-8-9-10-11(2)12-3;/h11H,1,4-10H2,2-3H3;. The third-order valence-corrected chi connectivity index (χ3v) is 3.32. The average Bonchev–Trinajstić information content (AvgIpc) is 2.16. The Morgan fingerprint density at radius 2 is 1.54 bits per heavy atom. The zero-order valence-corrected chi connectivity index (χ0v) is 11.6. The second-order valence-electron chi connectivity index (χ2n) is 3.96. The van der Waals surface area contributed by atoms with Crippen LogP contribution >= 0.6 is 0 Å². The Hall–Kier alpha value is 0.960. The fourth-order valence-electron chi connectivity index (χ4n) is 1.51. The number of methoxy groups -OCH3 is 1. The monoisotopic (exact) mass is 194 g/mol. The summed E-state index contributed by atoms with van der Waals surface area (Å²) in [5.74, 6) is 0. The molecular weight excluding hydrogens is 171 g/mol. The van der Waals surface area contributed by atoms with Gasteiger partial charge in [0.05, 0.1) is 0 Å².